The third-order valence-electron chi connectivity index (χ3n) is 5.33. The predicted molar refractivity (Wildman–Crippen MR) is 129 cm³/mol. The molecule has 1 aliphatic heterocycles. The summed E-state index contributed by atoms with van der Waals surface area (Å²) in [6.45, 7) is 0.124. The Hall–Kier alpha value is -4.31. The van der Waals surface area contributed by atoms with Crippen molar-refractivity contribution in [2.75, 3.05) is 25.0 Å². The molecule has 0 fully saturated rings. The highest BCUT2D eigenvalue weighted by molar-refractivity contribution is 7.92. The van der Waals surface area contributed by atoms with Gasteiger partial charge in [-0.15, -0.1) is 0 Å². The van der Waals surface area contributed by atoms with Crippen LogP contribution in [0.5, 0.6) is 17.2 Å². The molecule has 0 atom stereocenters. The van der Waals surface area contributed by atoms with E-state index in [0.29, 0.717) is 39.9 Å². The molecule has 0 bridgehead atoms. The van der Waals surface area contributed by atoms with Gasteiger partial charge in [0.15, 0.2) is 11.5 Å². The fourth-order valence-electron chi connectivity index (χ4n) is 3.69. The van der Waals surface area contributed by atoms with Crippen LogP contribution in [0.3, 0.4) is 0 Å². The molecule has 1 aromatic heterocycles. The number of nitrogens with one attached hydrogen (secondary N) is 1. The fourth-order valence-corrected chi connectivity index (χ4v) is 4.93. The second-order valence-corrected chi connectivity index (χ2v) is 9.60. The monoisotopic (exact) mass is 491 g/mol. The highest BCUT2D eigenvalue weighted by Crippen LogP contribution is 2.36. The van der Waals surface area contributed by atoms with E-state index in [0.717, 1.165) is 0 Å². The first kappa shape index (κ1) is 22.5. The van der Waals surface area contributed by atoms with Crippen molar-refractivity contribution in [3.05, 3.63) is 79.0 Å². The van der Waals surface area contributed by atoms with E-state index in [-0.39, 0.29) is 11.9 Å². The number of hydrogen-bond donors (Lipinski definition) is 1. The molecular weight excluding hydrogens is 470 g/mol. The summed E-state index contributed by atoms with van der Waals surface area (Å²) in [7, 11) is -2.61. The lowest BCUT2D eigenvalue weighted by molar-refractivity contribution is -0.113. The van der Waals surface area contributed by atoms with Crippen LogP contribution in [0.1, 0.15) is 0 Å². The number of nitrogens with zero attached hydrogens (tertiary/aromatic N) is 2. The van der Waals surface area contributed by atoms with Crippen LogP contribution in [0.2, 0.25) is 0 Å². The van der Waals surface area contributed by atoms with Gasteiger partial charge < -0.3 is 19.5 Å². The molecule has 3 aromatic carbocycles. The van der Waals surface area contributed by atoms with Crippen LogP contribution in [0.15, 0.2) is 84.1 Å². The Labute approximate surface area is 201 Å². The molecule has 0 saturated carbocycles. The molecule has 4 aromatic rings. The number of sulfone groups is 1. The van der Waals surface area contributed by atoms with Gasteiger partial charge in [-0.25, -0.2) is 13.4 Å². The van der Waals surface area contributed by atoms with Gasteiger partial charge in [-0.2, -0.15) is 0 Å². The summed E-state index contributed by atoms with van der Waals surface area (Å²) in [5.74, 6) is 0.232. The molecule has 1 aliphatic rings. The average Bonchev–Trinajstić information content (AvgIpc) is 3.52. The Morgan fingerprint density at radius 2 is 1.83 bits per heavy atom. The van der Waals surface area contributed by atoms with Crippen LogP contribution in [0.25, 0.3) is 16.9 Å². The fraction of sp³-hybridized carbons (Fsp3) is 0.120. The lowest BCUT2D eigenvalue weighted by Gasteiger charge is -2.09. The number of amides is 1. The largest absolute Gasteiger partial charge is 0.497 e. The molecule has 2 heterocycles. The second-order valence-electron chi connectivity index (χ2n) is 7.72. The van der Waals surface area contributed by atoms with Crippen molar-refractivity contribution in [2.45, 2.75) is 5.16 Å². The zero-order chi connectivity index (χ0) is 24.4. The van der Waals surface area contributed by atoms with E-state index in [1.165, 1.54) is 11.7 Å². The van der Waals surface area contributed by atoms with Gasteiger partial charge in [0.2, 0.25) is 27.7 Å². The van der Waals surface area contributed by atoms with Gasteiger partial charge in [0.05, 0.1) is 12.8 Å². The van der Waals surface area contributed by atoms with Crippen LogP contribution < -0.4 is 19.5 Å². The van der Waals surface area contributed by atoms with Crippen molar-refractivity contribution >= 4 is 21.4 Å². The number of para-hydroxylation sites is 1. The van der Waals surface area contributed by atoms with Crippen LogP contribution in [-0.4, -0.2) is 43.5 Å². The first-order chi connectivity index (χ1) is 16.9. The number of aromatic nitrogens is 2. The molecule has 1 N–H and O–H groups in total. The molecule has 35 heavy (non-hydrogen) atoms. The van der Waals surface area contributed by atoms with Gasteiger partial charge in [0.25, 0.3) is 0 Å². The van der Waals surface area contributed by atoms with Crippen molar-refractivity contribution in [3.8, 4) is 34.2 Å². The minimum atomic E-state index is -4.12. The molecule has 5 rings (SSSR count). The lowest BCUT2D eigenvalue weighted by atomic mass is 10.1. The highest BCUT2D eigenvalue weighted by atomic mass is 32.2. The van der Waals surface area contributed by atoms with Crippen molar-refractivity contribution < 1.29 is 27.4 Å². The van der Waals surface area contributed by atoms with E-state index in [9.17, 15) is 13.2 Å². The zero-order valence-electron chi connectivity index (χ0n) is 18.7. The maximum Gasteiger partial charge on any atom is 0.240 e. The Bertz CT molecular complexity index is 1500. The second kappa shape index (κ2) is 9.15. The van der Waals surface area contributed by atoms with Gasteiger partial charge in [0, 0.05) is 29.2 Å². The summed E-state index contributed by atoms with van der Waals surface area (Å²) in [5, 5.41) is 2.36. The van der Waals surface area contributed by atoms with Crippen LogP contribution in [0, 0.1) is 0 Å². The van der Waals surface area contributed by atoms with Crippen molar-refractivity contribution in [1.82, 2.24) is 9.55 Å². The summed E-state index contributed by atoms with van der Waals surface area (Å²) >= 11 is 0. The molecule has 178 valence electrons. The highest BCUT2D eigenvalue weighted by Gasteiger charge is 2.27. The van der Waals surface area contributed by atoms with Gasteiger partial charge in [-0.1, -0.05) is 24.3 Å². The summed E-state index contributed by atoms with van der Waals surface area (Å²) in [4.78, 5) is 17.1. The smallest absolute Gasteiger partial charge is 0.240 e. The van der Waals surface area contributed by atoms with E-state index in [4.69, 9.17) is 14.2 Å². The number of anilines is 1. The van der Waals surface area contributed by atoms with E-state index in [1.807, 2.05) is 6.07 Å². The topological polar surface area (TPSA) is 109 Å². The first-order valence-electron chi connectivity index (χ1n) is 10.6. The molecule has 0 unspecified atom stereocenters. The summed E-state index contributed by atoms with van der Waals surface area (Å²) in [6.07, 6.45) is 1.62. The normalized spacial score (nSPS) is 12.4. The van der Waals surface area contributed by atoms with Crippen molar-refractivity contribution in [1.29, 1.82) is 0 Å². The number of carbonyl (C=O) groups excluding carboxylic acids is 1. The summed E-state index contributed by atoms with van der Waals surface area (Å²) in [5.41, 5.74) is 2.09. The minimum Gasteiger partial charge on any atom is -0.497 e. The number of ether oxygens (including phenoxy) is 3. The Morgan fingerprint density at radius 1 is 1.03 bits per heavy atom. The van der Waals surface area contributed by atoms with Crippen LogP contribution >= 0.6 is 0 Å². The Morgan fingerprint density at radius 3 is 2.63 bits per heavy atom. The Kier molecular flexibility index (Phi) is 5.87. The molecule has 1 amide bonds. The Balaban J connectivity index is 1.49. The summed E-state index contributed by atoms with van der Waals surface area (Å²) in [6, 6.07) is 20.9. The number of hydrogen-bond acceptors (Lipinski definition) is 7. The number of imidazole rings is 1. The number of rotatable bonds is 7. The maximum absolute atomic E-state index is 13.4. The molecule has 10 heteroatoms. The SMILES string of the molecule is COc1cccc(NC(=O)CS(=O)(=O)c2nc(-c3ccc4c(c3)OCO4)cn2-c2ccccc2)c1. The van der Waals surface area contributed by atoms with Crippen LogP contribution in [0.4, 0.5) is 5.69 Å². The van der Waals surface area contributed by atoms with Gasteiger partial charge in [-0.3, -0.25) is 9.36 Å². The third-order valence-corrected chi connectivity index (χ3v) is 6.82. The lowest BCUT2D eigenvalue weighted by Crippen LogP contribution is -2.25. The van der Waals surface area contributed by atoms with E-state index < -0.39 is 21.5 Å². The van der Waals surface area contributed by atoms with Crippen LogP contribution in [-0.2, 0) is 14.6 Å². The number of fused-ring (bicyclic) bond motifs is 1. The number of benzene rings is 3. The van der Waals surface area contributed by atoms with Crippen molar-refractivity contribution in [3.63, 3.8) is 0 Å². The first-order valence-corrected chi connectivity index (χ1v) is 12.3. The molecule has 0 saturated heterocycles. The van der Waals surface area contributed by atoms with E-state index >= 15 is 0 Å². The van der Waals surface area contributed by atoms with Gasteiger partial charge in [0.1, 0.15) is 11.5 Å². The molecular formula is C25H21N3O6S. The average molecular weight is 492 g/mol. The predicted octanol–water partition coefficient (Wildman–Crippen LogP) is 3.69. The number of methoxy groups -OCH3 is 1. The quantitative estimate of drug-likeness (QED) is 0.420. The van der Waals surface area contributed by atoms with Gasteiger partial charge in [-0.05, 0) is 42.5 Å². The van der Waals surface area contributed by atoms with E-state index in [2.05, 4.69) is 10.3 Å². The minimum absolute atomic E-state index is 0.124. The maximum atomic E-state index is 13.4. The number of carbonyl (C=O) groups is 1. The van der Waals surface area contributed by atoms with Gasteiger partial charge >= 0.3 is 0 Å². The van der Waals surface area contributed by atoms with Crippen molar-refractivity contribution in [2.24, 2.45) is 0 Å². The standard InChI is InChI=1S/C25H21N3O6S/c1-32-20-9-5-6-18(13-20)26-24(29)15-35(30,31)25-27-21(14-28(25)19-7-3-2-4-8-19)17-10-11-22-23(12-17)34-16-33-22/h2-14H,15-16H2,1H3,(H,26,29). The molecule has 0 spiro atoms. The molecule has 0 aliphatic carbocycles. The molecule has 9 nitrogen and oxygen atoms in total. The molecule has 0 radical (unpaired) electrons. The summed E-state index contributed by atoms with van der Waals surface area (Å²) < 4.78 is 44.1. The van der Waals surface area contributed by atoms with E-state index in [1.54, 1.807) is 72.9 Å². The third kappa shape index (κ3) is 4.69. The zero-order valence-corrected chi connectivity index (χ0v) is 19.5.